The first-order valence-electron chi connectivity index (χ1n) is 5.86. The van der Waals surface area contributed by atoms with E-state index in [1.54, 1.807) is 19.2 Å². The number of nitrogens with zero attached hydrogens (tertiary/aromatic N) is 3. The molecule has 0 atom stereocenters. The maximum absolute atomic E-state index is 6.10. The molecule has 0 spiro atoms. The summed E-state index contributed by atoms with van der Waals surface area (Å²) in [6.07, 6.45) is 1.42. The Morgan fingerprint density at radius 2 is 2.15 bits per heavy atom. The van der Waals surface area contributed by atoms with Crippen molar-refractivity contribution in [3.8, 4) is 5.75 Å². The molecule has 0 fully saturated rings. The van der Waals surface area contributed by atoms with Gasteiger partial charge in [-0.3, -0.25) is 0 Å². The Labute approximate surface area is 119 Å². The highest BCUT2D eigenvalue weighted by molar-refractivity contribution is 6.32. The molecule has 2 heterocycles. The van der Waals surface area contributed by atoms with Crippen LogP contribution in [0.1, 0.15) is 5.69 Å². The summed E-state index contributed by atoms with van der Waals surface area (Å²) in [5.74, 6) is 1.24. The van der Waals surface area contributed by atoms with Gasteiger partial charge >= 0.3 is 0 Å². The first-order chi connectivity index (χ1) is 9.69. The lowest BCUT2D eigenvalue weighted by Gasteiger charge is -2.08. The molecule has 2 aromatic heterocycles. The van der Waals surface area contributed by atoms with Gasteiger partial charge in [0.05, 0.1) is 17.8 Å². The second-order valence-electron chi connectivity index (χ2n) is 4.14. The van der Waals surface area contributed by atoms with Crippen LogP contribution in [0.5, 0.6) is 5.75 Å². The minimum Gasteiger partial charge on any atom is -0.495 e. The van der Waals surface area contributed by atoms with Crippen LogP contribution >= 0.6 is 11.6 Å². The van der Waals surface area contributed by atoms with E-state index in [9.17, 15) is 0 Å². The van der Waals surface area contributed by atoms with Gasteiger partial charge in [-0.15, -0.1) is 0 Å². The van der Waals surface area contributed by atoms with Crippen LogP contribution < -0.4 is 10.1 Å². The smallest absolute Gasteiger partial charge is 0.263 e. The second kappa shape index (κ2) is 4.97. The highest BCUT2D eigenvalue weighted by Crippen LogP contribution is 2.30. The zero-order valence-electron chi connectivity index (χ0n) is 10.8. The molecule has 1 aromatic carbocycles. The van der Waals surface area contributed by atoms with Gasteiger partial charge in [0.15, 0.2) is 0 Å². The molecule has 0 amide bonds. The quantitative estimate of drug-likeness (QED) is 0.797. The average molecular weight is 291 g/mol. The maximum Gasteiger partial charge on any atom is 0.263 e. The van der Waals surface area contributed by atoms with Crippen molar-refractivity contribution < 1.29 is 9.26 Å². The summed E-state index contributed by atoms with van der Waals surface area (Å²) in [4.78, 5) is 8.23. The van der Waals surface area contributed by atoms with Crippen LogP contribution in [0.2, 0.25) is 5.02 Å². The Morgan fingerprint density at radius 3 is 2.90 bits per heavy atom. The van der Waals surface area contributed by atoms with Crippen LogP contribution in [0.25, 0.3) is 11.1 Å². The Kier molecular flexibility index (Phi) is 3.15. The molecule has 7 heteroatoms. The van der Waals surface area contributed by atoms with Gasteiger partial charge in [0.1, 0.15) is 23.3 Å². The fraction of sp³-hybridized carbons (Fsp3) is 0.154. The lowest BCUT2D eigenvalue weighted by atomic mass is 10.2. The largest absolute Gasteiger partial charge is 0.495 e. The zero-order chi connectivity index (χ0) is 14.1. The summed E-state index contributed by atoms with van der Waals surface area (Å²) >= 11 is 6.10. The Hall–Kier alpha value is -2.34. The van der Waals surface area contributed by atoms with Gasteiger partial charge in [-0.2, -0.15) is 4.98 Å². The number of rotatable bonds is 3. The average Bonchev–Trinajstić information content (AvgIpc) is 2.82. The third-order valence-corrected chi connectivity index (χ3v) is 3.15. The van der Waals surface area contributed by atoms with Crippen LogP contribution in [-0.2, 0) is 0 Å². The van der Waals surface area contributed by atoms with Gasteiger partial charge < -0.3 is 14.6 Å². The number of hydrogen-bond acceptors (Lipinski definition) is 6. The number of hydrogen-bond donors (Lipinski definition) is 1. The van der Waals surface area contributed by atoms with Crippen LogP contribution in [-0.4, -0.2) is 22.2 Å². The Morgan fingerprint density at radius 1 is 1.30 bits per heavy atom. The number of ether oxygens (including phenoxy) is 1. The van der Waals surface area contributed by atoms with Gasteiger partial charge in [-0.25, -0.2) is 4.98 Å². The van der Waals surface area contributed by atoms with Gasteiger partial charge in [0.2, 0.25) is 0 Å². The molecule has 0 aliphatic heterocycles. The zero-order valence-corrected chi connectivity index (χ0v) is 11.6. The van der Waals surface area contributed by atoms with Crippen molar-refractivity contribution in [3.05, 3.63) is 35.2 Å². The van der Waals surface area contributed by atoms with Gasteiger partial charge in [-0.05, 0) is 25.1 Å². The lowest BCUT2D eigenvalue weighted by molar-refractivity contribution is 0.415. The van der Waals surface area contributed by atoms with Gasteiger partial charge in [0, 0.05) is 5.69 Å². The van der Waals surface area contributed by atoms with Crippen molar-refractivity contribution in [1.82, 2.24) is 15.1 Å². The number of methoxy groups -OCH3 is 1. The number of aryl methyl sites for hydroxylation is 1. The lowest BCUT2D eigenvalue weighted by Crippen LogP contribution is -1.96. The van der Waals surface area contributed by atoms with Crippen molar-refractivity contribution in [2.45, 2.75) is 6.92 Å². The van der Waals surface area contributed by atoms with Gasteiger partial charge in [0.25, 0.3) is 5.71 Å². The number of benzene rings is 1. The molecule has 1 N–H and O–H groups in total. The third-order valence-electron chi connectivity index (χ3n) is 2.86. The van der Waals surface area contributed by atoms with Crippen molar-refractivity contribution in [1.29, 1.82) is 0 Å². The highest BCUT2D eigenvalue weighted by atomic mass is 35.5. The predicted octanol–water partition coefficient (Wildman–Crippen LogP) is 3.33. The first-order valence-corrected chi connectivity index (χ1v) is 6.24. The van der Waals surface area contributed by atoms with E-state index in [-0.39, 0.29) is 0 Å². The number of nitrogens with one attached hydrogen (secondary N) is 1. The summed E-state index contributed by atoms with van der Waals surface area (Å²) < 4.78 is 10.2. The van der Waals surface area contributed by atoms with Crippen molar-refractivity contribution >= 4 is 34.2 Å². The van der Waals surface area contributed by atoms with E-state index in [1.807, 2.05) is 13.0 Å². The highest BCUT2D eigenvalue weighted by Gasteiger charge is 2.12. The van der Waals surface area contributed by atoms with E-state index in [2.05, 4.69) is 20.4 Å². The van der Waals surface area contributed by atoms with E-state index in [4.69, 9.17) is 20.9 Å². The van der Waals surface area contributed by atoms with E-state index in [1.165, 1.54) is 6.33 Å². The molecule has 3 rings (SSSR count). The monoisotopic (exact) mass is 290 g/mol. The number of anilines is 2. The Bertz CT molecular complexity index is 772. The molecule has 3 aromatic rings. The van der Waals surface area contributed by atoms with Crippen LogP contribution in [0.15, 0.2) is 29.0 Å². The minimum atomic E-state index is 0.444. The molecule has 0 aliphatic rings. The fourth-order valence-electron chi connectivity index (χ4n) is 1.90. The molecule has 0 aliphatic carbocycles. The van der Waals surface area contributed by atoms with E-state index in [0.29, 0.717) is 22.3 Å². The molecular formula is C13H11ClN4O2. The van der Waals surface area contributed by atoms with Crippen LogP contribution in [0, 0.1) is 6.92 Å². The number of fused-ring (bicyclic) bond motifs is 1. The number of halogens is 1. The van der Waals surface area contributed by atoms with Crippen molar-refractivity contribution in [3.63, 3.8) is 0 Å². The molecule has 102 valence electrons. The molecule has 6 nitrogen and oxygen atoms in total. The second-order valence-corrected chi connectivity index (χ2v) is 4.55. The summed E-state index contributed by atoms with van der Waals surface area (Å²) in [6, 6.07) is 5.39. The van der Waals surface area contributed by atoms with Crippen LogP contribution in [0.3, 0.4) is 0 Å². The predicted molar refractivity (Wildman–Crippen MR) is 75.6 cm³/mol. The standard InChI is InChI=1S/C13H11ClN4O2/c1-7-11-12(15-6-16-13(11)20-18-7)17-8-3-4-10(19-2)9(14)5-8/h3-6H,1-2H3,(H,15,16,17). The molecule has 0 radical (unpaired) electrons. The molecular weight excluding hydrogens is 280 g/mol. The molecule has 0 saturated carbocycles. The summed E-state index contributed by atoms with van der Waals surface area (Å²) in [6.45, 7) is 1.83. The van der Waals surface area contributed by atoms with Crippen molar-refractivity contribution in [2.75, 3.05) is 12.4 Å². The minimum absolute atomic E-state index is 0.444. The molecule has 0 saturated heterocycles. The summed E-state index contributed by atoms with van der Waals surface area (Å²) in [7, 11) is 1.57. The van der Waals surface area contributed by atoms with Gasteiger partial charge in [-0.1, -0.05) is 16.8 Å². The van der Waals surface area contributed by atoms with Crippen LogP contribution in [0.4, 0.5) is 11.5 Å². The molecule has 0 unspecified atom stereocenters. The maximum atomic E-state index is 6.10. The normalized spacial score (nSPS) is 10.8. The molecule has 20 heavy (non-hydrogen) atoms. The summed E-state index contributed by atoms with van der Waals surface area (Å²) in [5.41, 5.74) is 1.96. The number of aromatic nitrogens is 3. The summed E-state index contributed by atoms with van der Waals surface area (Å²) in [5, 5.41) is 8.32. The Balaban J connectivity index is 2.01. The third kappa shape index (κ3) is 2.14. The molecule has 0 bridgehead atoms. The van der Waals surface area contributed by atoms with E-state index in [0.717, 1.165) is 16.8 Å². The van der Waals surface area contributed by atoms with E-state index < -0.39 is 0 Å². The first kappa shape index (κ1) is 12.7. The van der Waals surface area contributed by atoms with Crippen molar-refractivity contribution in [2.24, 2.45) is 0 Å². The van der Waals surface area contributed by atoms with E-state index >= 15 is 0 Å². The topological polar surface area (TPSA) is 73.1 Å². The fourth-order valence-corrected chi connectivity index (χ4v) is 2.16. The SMILES string of the molecule is COc1ccc(Nc2ncnc3onc(C)c23)cc1Cl.